The molecule has 4 heteroatoms. The fraction of sp³-hybridized carbons (Fsp3) is 0.435. The van der Waals surface area contributed by atoms with E-state index in [1.807, 2.05) is 43.4 Å². The van der Waals surface area contributed by atoms with Crippen molar-refractivity contribution < 1.29 is 9.53 Å². The first kappa shape index (κ1) is 19.4. The highest BCUT2D eigenvalue weighted by Gasteiger charge is 2.17. The Kier molecular flexibility index (Phi) is 6.88. The largest absolute Gasteiger partial charge is 0.494 e. The second kappa shape index (κ2) is 9.56. The van der Waals surface area contributed by atoms with Gasteiger partial charge >= 0.3 is 0 Å². The number of amides is 1. The van der Waals surface area contributed by atoms with Crippen molar-refractivity contribution in [1.29, 1.82) is 0 Å². The average molecular weight is 367 g/mol. The molecule has 1 saturated heterocycles. The van der Waals surface area contributed by atoms with Crippen LogP contribution in [0.15, 0.2) is 48.5 Å². The van der Waals surface area contributed by atoms with Crippen LogP contribution in [-0.4, -0.2) is 44.1 Å². The van der Waals surface area contributed by atoms with Gasteiger partial charge in [0.1, 0.15) is 5.75 Å². The second-order valence-electron chi connectivity index (χ2n) is 7.41. The Morgan fingerprint density at radius 2 is 2.04 bits per heavy atom. The molecule has 0 bridgehead atoms. The lowest BCUT2D eigenvalue weighted by Crippen LogP contribution is -2.30. The minimum absolute atomic E-state index is 0.0796. The van der Waals surface area contributed by atoms with Gasteiger partial charge in [0.05, 0.1) is 6.61 Å². The molecule has 0 radical (unpaired) electrons. The molecule has 0 aliphatic carbocycles. The van der Waals surface area contributed by atoms with Gasteiger partial charge in [0.25, 0.3) is 5.91 Å². The van der Waals surface area contributed by atoms with Gasteiger partial charge in [-0.05, 0) is 68.5 Å². The van der Waals surface area contributed by atoms with Crippen LogP contribution in [0.25, 0.3) is 0 Å². The number of piperidine rings is 1. The Balaban J connectivity index is 1.48. The number of nitrogens with zero attached hydrogens (tertiary/aromatic N) is 1. The van der Waals surface area contributed by atoms with Crippen molar-refractivity contribution in [3.63, 3.8) is 0 Å². The topological polar surface area (TPSA) is 41.6 Å². The molecule has 1 aliphatic heterocycles. The summed E-state index contributed by atoms with van der Waals surface area (Å²) in [7, 11) is 1.86. The van der Waals surface area contributed by atoms with Gasteiger partial charge in [0, 0.05) is 25.7 Å². The third kappa shape index (κ3) is 5.57. The molecule has 1 atom stereocenters. The van der Waals surface area contributed by atoms with Crippen LogP contribution in [0.2, 0.25) is 0 Å². The van der Waals surface area contributed by atoms with E-state index in [0.29, 0.717) is 19.1 Å². The molecule has 1 N–H and O–H groups in total. The summed E-state index contributed by atoms with van der Waals surface area (Å²) in [6.45, 7) is 5.45. The van der Waals surface area contributed by atoms with Crippen molar-refractivity contribution in [3.05, 3.63) is 65.2 Å². The van der Waals surface area contributed by atoms with E-state index in [9.17, 15) is 4.79 Å². The van der Waals surface area contributed by atoms with Gasteiger partial charge in [0.15, 0.2) is 0 Å². The summed E-state index contributed by atoms with van der Waals surface area (Å²) in [5.41, 5.74) is 3.27. The minimum atomic E-state index is 0.0796. The van der Waals surface area contributed by atoms with Crippen LogP contribution in [0.1, 0.15) is 46.7 Å². The van der Waals surface area contributed by atoms with E-state index in [-0.39, 0.29) is 5.91 Å². The molecule has 0 spiro atoms. The van der Waals surface area contributed by atoms with Crippen molar-refractivity contribution in [1.82, 2.24) is 10.2 Å². The second-order valence-corrected chi connectivity index (χ2v) is 7.41. The van der Waals surface area contributed by atoms with E-state index in [1.165, 1.54) is 24.0 Å². The van der Waals surface area contributed by atoms with Crippen LogP contribution in [0.4, 0.5) is 0 Å². The van der Waals surface area contributed by atoms with E-state index < -0.39 is 0 Å². The number of ether oxygens (including phenoxy) is 1. The smallest absolute Gasteiger partial charge is 0.253 e. The molecular weight excluding hydrogens is 336 g/mol. The SMILES string of the molecule is Cc1ccc(OCCCN(C)C(=O)c2cccc(C3CCCNC3)c2)cc1. The first-order valence-corrected chi connectivity index (χ1v) is 9.89. The average Bonchev–Trinajstić information content (AvgIpc) is 2.72. The summed E-state index contributed by atoms with van der Waals surface area (Å²) in [5, 5.41) is 3.45. The van der Waals surface area contributed by atoms with Crippen molar-refractivity contribution in [2.75, 3.05) is 33.3 Å². The van der Waals surface area contributed by atoms with Crippen molar-refractivity contribution in [2.45, 2.75) is 32.1 Å². The molecule has 0 saturated carbocycles. The fourth-order valence-corrected chi connectivity index (χ4v) is 3.51. The first-order valence-electron chi connectivity index (χ1n) is 9.89. The summed E-state index contributed by atoms with van der Waals surface area (Å²) in [6.07, 6.45) is 3.20. The van der Waals surface area contributed by atoms with Gasteiger partial charge in [-0.2, -0.15) is 0 Å². The number of aryl methyl sites for hydroxylation is 1. The third-order valence-corrected chi connectivity index (χ3v) is 5.18. The Bertz CT molecular complexity index is 736. The molecule has 1 aliphatic rings. The fourth-order valence-electron chi connectivity index (χ4n) is 3.51. The maximum atomic E-state index is 12.8. The first-order chi connectivity index (χ1) is 13.1. The van der Waals surface area contributed by atoms with Crippen LogP contribution in [-0.2, 0) is 0 Å². The third-order valence-electron chi connectivity index (χ3n) is 5.18. The number of nitrogens with one attached hydrogen (secondary N) is 1. The number of hydrogen-bond donors (Lipinski definition) is 1. The zero-order valence-electron chi connectivity index (χ0n) is 16.4. The number of hydrogen-bond acceptors (Lipinski definition) is 3. The van der Waals surface area contributed by atoms with Gasteiger partial charge in [-0.25, -0.2) is 0 Å². The molecule has 1 fully saturated rings. The van der Waals surface area contributed by atoms with E-state index >= 15 is 0 Å². The highest BCUT2D eigenvalue weighted by molar-refractivity contribution is 5.94. The van der Waals surface area contributed by atoms with Crippen LogP contribution in [0, 0.1) is 6.92 Å². The quantitative estimate of drug-likeness (QED) is 0.753. The lowest BCUT2D eigenvalue weighted by atomic mass is 9.90. The Hall–Kier alpha value is -2.33. The summed E-state index contributed by atoms with van der Waals surface area (Å²) >= 11 is 0. The zero-order chi connectivity index (χ0) is 19.1. The number of benzene rings is 2. The van der Waals surface area contributed by atoms with Gasteiger partial charge in [0.2, 0.25) is 0 Å². The Labute approximate surface area is 162 Å². The molecule has 27 heavy (non-hydrogen) atoms. The highest BCUT2D eigenvalue weighted by Crippen LogP contribution is 2.24. The summed E-state index contributed by atoms with van der Waals surface area (Å²) < 4.78 is 5.75. The molecule has 2 aromatic carbocycles. The Morgan fingerprint density at radius 1 is 1.22 bits per heavy atom. The Morgan fingerprint density at radius 3 is 2.78 bits per heavy atom. The monoisotopic (exact) mass is 366 g/mol. The zero-order valence-corrected chi connectivity index (χ0v) is 16.4. The van der Waals surface area contributed by atoms with Gasteiger partial charge in [-0.15, -0.1) is 0 Å². The van der Waals surface area contributed by atoms with Gasteiger partial charge in [-0.1, -0.05) is 29.8 Å². The molecular formula is C23H30N2O2. The molecule has 1 heterocycles. The van der Waals surface area contributed by atoms with Crippen LogP contribution < -0.4 is 10.1 Å². The minimum Gasteiger partial charge on any atom is -0.494 e. The molecule has 2 aromatic rings. The van der Waals surface area contributed by atoms with Crippen LogP contribution in [0.5, 0.6) is 5.75 Å². The molecule has 0 aromatic heterocycles. The predicted octanol–water partition coefficient (Wildman–Crippen LogP) is 4.00. The van der Waals surface area contributed by atoms with E-state index in [2.05, 4.69) is 24.4 Å². The molecule has 144 valence electrons. The maximum Gasteiger partial charge on any atom is 0.253 e. The maximum absolute atomic E-state index is 12.8. The molecule has 1 amide bonds. The van der Waals surface area contributed by atoms with E-state index in [0.717, 1.165) is 30.8 Å². The summed E-state index contributed by atoms with van der Waals surface area (Å²) in [5.74, 6) is 1.47. The van der Waals surface area contributed by atoms with E-state index in [1.54, 1.807) is 4.90 Å². The lowest BCUT2D eigenvalue weighted by molar-refractivity contribution is 0.0787. The number of carbonyl (C=O) groups is 1. The van der Waals surface area contributed by atoms with Crippen LogP contribution in [0.3, 0.4) is 0 Å². The molecule has 3 rings (SSSR count). The predicted molar refractivity (Wildman–Crippen MR) is 110 cm³/mol. The van der Waals surface area contributed by atoms with Crippen LogP contribution >= 0.6 is 0 Å². The van der Waals surface area contributed by atoms with Crippen molar-refractivity contribution in [3.8, 4) is 5.75 Å². The van der Waals surface area contributed by atoms with Gasteiger partial charge < -0.3 is 15.0 Å². The lowest BCUT2D eigenvalue weighted by Gasteiger charge is -2.24. The van der Waals surface area contributed by atoms with Crippen molar-refractivity contribution >= 4 is 5.91 Å². The normalized spacial score (nSPS) is 16.7. The summed E-state index contributed by atoms with van der Waals surface area (Å²) in [6, 6.07) is 16.2. The highest BCUT2D eigenvalue weighted by atomic mass is 16.5. The standard InChI is InChI=1S/C23H30N2O2/c1-18-9-11-22(12-10-18)27-15-5-14-25(2)23(26)20-7-3-6-19(16-20)21-8-4-13-24-17-21/h3,6-7,9-12,16,21,24H,4-5,8,13-15,17H2,1-2H3. The van der Waals surface area contributed by atoms with Gasteiger partial charge in [-0.3, -0.25) is 4.79 Å². The number of carbonyl (C=O) groups excluding carboxylic acids is 1. The van der Waals surface area contributed by atoms with E-state index in [4.69, 9.17) is 4.74 Å². The molecule has 1 unspecified atom stereocenters. The molecule has 4 nitrogen and oxygen atoms in total. The summed E-state index contributed by atoms with van der Waals surface area (Å²) in [4.78, 5) is 14.5. The van der Waals surface area contributed by atoms with Crippen molar-refractivity contribution in [2.24, 2.45) is 0 Å². The number of rotatable bonds is 7.